The van der Waals surface area contributed by atoms with Crippen LogP contribution in [0.25, 0.3) is 11.1 Å². The Hall–Kier alpha value is -1.97. The first-order valence-corrected chi connectivity index (χ1v) is 4.27. The minimum atomic E-state index is 0.267. The van der Waals surface area contributed by atoms with Gasteiger partial charge in [0.05, 0.1) is 6.20 Å². The summed E-state index contributed by atoms with van der Waals surface area (Å²) in [4.78, 5) is 0. The number of aryl methyl sites for hydroxylation is 1. The van der Waals surface area contributed by atoms with Crippen molar-refractivity contribution >= 4 is 5.82 Å². The van der Waals surface area contributed by atoms with E-state index in [0.717, 1.165) is 16.7 Å². The lowest BCUT2D eigenvalue weighted by Crippen LogP contribution is -1.87. The van der Waals surface area contributed by atoms with Gasteiger partial charge in [0.2, 0.25) is 0 Å². The van der Waals surface area contributed by atoms with E-state index in [1.54, 1.807) is 12.3 Å². The van der Waals surface area contributed by atoms with Gasteiger partial charge in [0, 0.05) is 5.56 Å². The van der Waals surface area contributed by atoms with E-state index in [-0.39, 0.29) is 5.75 Å². The Morgan fingerprint density at radius 2 is 2.21 bits per heavy atom. The third-order valence-corrected chi connectivity index (χ3v) is 2.19. The van der Waals surface area contributed by atoms with Crippen LogP contribution in [0, 0.1) is 6.92 Å². The minimum Gasteiger partial charge on any atom is -0.508 e. The van der Waals surface area contributed by atoms with Crippen molar-refractivity contribution in [3.05, 3.63) is 30.0 Å². The third-order valence-electron chi connectivity index (χ3n) is 2.19. The van der Waals surface area contributed by atoms with E-state index in [9.17, 15) is 5.11 Å². The molecule has 0 amide bonds. The standard InChI is InChI=1S/C10H11N3O/c1-6-2-3-7(4-9(6)14)8-5-12-13-10(8)11/h2-5,14H,1H3,(H3,11,12,13). The predicted molar refractivity (Wildman–Crippen MR) is 54.8 cm³/mol. The molecule has 0 radical (unpaired) electrons. The predicted octanol–water partition coefficient (Wildman–Crippen LogP) is 1.67. The van der Waals surface area contributed by atoms with E-state index >= 15 is 0 Å². The van der Waals surface area contributed by atoms with E-state index < -0.39 is 0 Å². The van der Waals surface area contributed by atoms with Crippen LogP contribution in [0.15, 0.2) is 24.4 Å². The highest BCUT2D eigenvalue weighted by atomic mass is 16.3. The van der Waals surface area contributed by atoms with Crippen molar-refractivity contribution < 1.29 is 5.11 Å². The summed E-state index contributed by atoms with van der Waals surface area (Å²) < 4.78 is 0. The normalized spacial score (nSPS) is 10.4. The quantitative estimate of drug-likeness (QED) is 0.638. The maximum absolute atomic E-state index is 9.52. The van der Waals surface area contributed by atoms with Crippen LogP contribution >= 0.6 is 0 Å². The molecule has 0 saturated heterocycles. The second kappa shape index (κ2) is 3.06. The van der Waals surface area contributed by atoms with Gasteiger partial charge in [-0.2, -0.15) is 5.10 Å². The van der Waals surface area contributed by atoms with E-state index in [1.165, 1.54) is 0 Å². The highest BCUT2D eigenvalue weighted by molar-refractivity contribution is 5.74. The van der Waals surface area contributed by atoms with Crippen LogP contribution < -0.4 is 5.73 Å². The fourth-order valence-electron chi connectivity index (χ4n) is 1.30. The van der Waals surface area contributed by atoms with E-state index in [2.05, 4.69) is 10.2 Å². The number of nitrogen functional groups attached to an aromatic ring is 1. The van der Waals surface area contributed by atoms with Gasteiger partial charge in [-0.25, -0.2) is 0 Å². The van der Waals surface area contributed by atoms with E-state index in [4.69, 9.17) is 5.73 Å². The lowest BCUT2D eigenvalue weighted by atomic mass is 10.1. The zero-order valence-corrected chi connectivity index (χ0v) is 7.78. The van der Waals surface area contributed by atoms with Crippen molar-refractivity contribution in [2.45, 2.75) is 6.92 Å². The smallest absolute Gasteiger partial charge is 0.126 e. The second-order valence-corrected chi connectivity index (χ2v) is 3.20. The van der Waals surface area contributed by atoms with Crippen LogP contribution in [-0.4, -0.2) is 15.3 Å². The maximum atomic E-state index is 9.52. The first kappa shape index (κ1) is 8.62. The van der Waals surface area contributed by atoms with Crippen LogP contribution in [0.1, 0.15) is 5.56 Å². The van der Waals surface area contributed by atoms with Gasteiger partial charge in [0.15, 0.2) is 0 Å². The van der Waals surface area contributed by atoms with Crippen molar-refractivity contribution in [2.24, 2.45) is 0 Å². The first-order valence-electron chi connectivity index (χ1n) is 4.27. The molecule has 0 unspecified atom stereocenters. The minimum absolute atomic E-state index is 0.267. The number of nitrogens with zero attached hydrogens (tertiary/aromatic N) is 1. The van der Waals surface area contributed by atoms with Crippen LogP contribution in [0.3, 0.4) is 0 Å². The Labute approximate surface area is 81.4 Å². The van der Waals surface area contributed by atoms with Crippen molar-refractivity contribution in [1.82, 2.24) is 10.2 Å². The third kappa shape index (κ3) is 1.31. The Morgan fingerprint density at radius 1 is 1.43 bits per heavy atom. The Morgan fingerprint density at radius 3 is 2.79 bits per heavy atom. The van der Waals surface area contributed by atoms with Crippen molar-refractivity contribution in [2.75, 3.05) is 5.73 Å². The molecule has 0 bridgehead atoms. The number of hydrogen-bond donors (Lipinski definition) is 3. The summed E-state index contributed by atoms with van der Waals surface area (Å²) in [5.41, 5.74) is 8.17. The van der Waals surface area contributed by atoms with Crippen molar-refractivity contribution in [1.29, 1.82) is 0 Å². The molecule has 72 valence electrons. The lowest BCUT2D eigenvalue weighted by Gasteiger charge is -2.02. The van der Waals surface area contributed by atoms with Gasteiger partial charge in [-0.05, 0) is 24.1 Å². The zero-order valence-electron chi connectivity index (χ0n) is 7.78. The molecule has 0 aliphatic heterocycles. The molecule has 2 rings (SSSR count). The van der Waals surface area contributed by atoms with E-state index in [0.29, 0.717) is 5.82 Å². The molecule has 0 fully saturated rings. The highest BCUT2D eigenvalue weighted by Crippen LogP contribution is 2.28. The van der Waals surface area contributed by atoms with Gasteiger partial charge in [0.25, 0.3) is 0 Å². The van der Waals surface area contributed by atoms with Crippen LogP contribution in [0.4, 0.5) is 5.82 Å². The average Bonchev–Trinajstić information content (AvgIpc) is 2.57. The van der Waals surface area contributed by atoms with Crippen molar-refractivity contribution in [3.63, 3.8) is 0 Å². The summed E-state index contributed by atoms with van der Waals surface area (Å²) >= 11 is 0. The molecule has 4 N–H and O–H groups in total. The van der Waals surface area contributed by atoms with Crippen LogP contribution in [0.2, 0.25) is 0 Å². The molecule has 1 heterocycles. The molecule has 1 aromatic heterocycles. The summed E-state index contributed by atoms with van der Waals surface area (Å²) in [6.45, 7) is 1.85. The first-order chi connectivity index (χ1) is 6.68. The molecule has 1 aromatic carbocycles. The lowest BCUT2D eigenvalue weighted by molar-refractivity contribution is 0.471. The number of aromatic amines is 1. The molecule has 2 aromatic rings. The molecular formula is C10H11N3O. The Kier molecular flexibility index (Phi) is 1.89. The second-order valence-electron chi connectivity index (χ2n) is 3.20. The number of rotatable bonds is 1. The number of aromatic nitrogens is 2. The molecule has 0 atom stereocenters. The van der Waals surface area contributed by atoms with Gasteiger partial charge in [-0.1, -0.05) is 12.1 Å². The number of anilines is 1. The van der Waals surface area contributed by atoms with Crippen LogP contribution in [0.5, 0.6) is 5.75 Å². The van der Waals surface area contributed by atoms with Gasteiger partial charge < -0.3 is 10.8 Å². The summed E-state index contributed by atoms with van der Waals surface area (Å²) in [5, 5.41) is 16.0. The molecule has 0 saturated carbocycles. The Balaban J connectivity index is 2.53. The molecule has 0 spiro atoms. The molecular weight excluding hydrogens is 178 g/mol. The number of phenolic OH excluding ortho intramolecular Hbond substituents is 1. The van der Waals surface area contributed by atoms with Gasteiger partial charge in [-0.3, -0.25) is 5.10 Å². The monoisotopic (exact) mass is 189 g/mol. The molecule has 0 aliphatic rings. The fourth-order valence-corrected chi connectivity index (χ4v) is 1.30. The highest BCUT2D eigenvalue weighted by Gasteiger charge is 2.05. The summed E-state index contributed by atoms with van der Waals surface area (Å²) in [7, 11) is 0. The molecule has 4 nitrogen and oxygen atoms in total. The number of H-pyrrole nitrogens is 1. The maximum Gasteiger partial charge on any atom is 0.126 e. The van der Waals surface area contributed by atoms with Gasteiger partial charge in [0.1, 0.15) is 11.6 Å². The van der Waals surface area contributed by atoms with Crippen LogP contribution in [-0.2, 0) is 0 Å². The van der Waals surface area contributed by atoms with E-state index in [1.807, 2.05) is 19.1 Å². The molecule has 14 heavy (non-hydrogen) atoms. The molecule has 4 heteroatoms. The van der Waals surface area contributed by atoms with Gasteiger partial charge >= 0.3 is 0 Å². The fraction of sp³-hybridized carbons (Fsp3) is 0.100. The van der Waals surface area contributed by atoms with Gasteiger partial charge in [-0.15, -0.1) is 0 Å². The number of aromatic hydroxyl groups is 1. The SMILES string of the molecule is Cc1ccc(-c2cn[nH]c2N)cc1O. The number of benzene rings is 1. The Bertz CT molecular complexity index is 462. The molecule has 0 aliphatic carbocycles. The largest absolute Gasteiger partial charge is 0.508 e. The summed E-state index contributed by atoms with van der Waals surface area (Å²) in [5.74, 6) is 0.774. The summed E-state index contributed by atoms with van der Waals surface area (Å²) in [6, 6.07) is 5.42. The summed E-state index contributed by atoms with van der Waals surface area (Å²) in [6.07, 6.45) is 1.64. The topological polar surface area (TPSA) is 74.9 Å². The van der Waals surface area contributed by atoms with Crippen molar-refractivity contribution in [3.8, 4) is 16.9 Å². The number of nitrogens with one attached hydrogen (secondary N) is 1. The number of hydrogen-bond acceptors (Lipinski definition) is 3. The number of nitrogens with two attached hydrogens (primary N) is 1. The average molecular weight is 189 g/mol. The number of phenols is 1. The zero-order chi connectivity index (χ0) is 10.1.